The summed E-state index contributed by atoms with van der Waals surface area (Å²) in [6, 6.07) is 16.3. The van der Waals surface area contributed by atoms with Crippen molar-refractivity contribution in [2.24, 2.45) is 0 Å². The average molecular weight is 479 g/mol. The Hall–Kier alpha value is -3.26. The molecule has 3 aromatic carbocycles. The second kappa shape index (κ2) is 11.1. The summed E-state index contributed by atoms with van der Waals surface area (Å²) in [7, 11) is 2.54. The van der Waals surface area contributed by atoms with E-state index in [1.54, 1.807) is 24.3 Å². The lowest BCUT2D eigenvalue weighted by Gasteiger charge is -2.09. The Morgan fingerprint density at radius 2 is 1.30 bits per heavy atom. The van der Waals surface area contributed by atoms with Crippen molar-refractivity contribution in [2.75, 3.05) is 14.2 Å². The first-order valence-corrected chi connectivity index (χ1v) is 9.29. The Kier molecular flexibility index (Phi) is 8.49. The summed E-state index contributed by atoms with van der Waals surface area (Å²) in [5, 5.41) is 0. The van der Waals surface area contributed by atoms with Gasteiger partial charge in [0, 0.05) is 10.5 Å². The summed E-state index contributed by atoms with van der Waals surface area (Å²) in [6.07, 6.45) is 0. The van der Waals surface area contributed by atoms with Gasteiger partial charge in [-0.1, -0.05) is 18.2 Å². The summed E-state index contributed by atoms with van der Waals surface area (Å²) in [5.41, 5.74) is 0.502. The molecule has 3 aromatic rings. The van der Waals surface area contributed by atoms with E-state index in [-0.39, 0.29) is 11.3 Å². The van der Waals surface area contributed by atoms with Gasteiger partial charge in [0.2, 0.25) is 0 Å². The number of benzene rings is 3. The minimum Gasteiger partial charge on any atom is -0.465 e. The molecule has 0 radical (unpaired) electrons. The number of hydrogen-bond acceptors (Lipinski definition) is 5. The van der Waals surface area contributed by atoms with Gasteiger partial charge in [-0.3, -0.25) is 0 Å². The fourth-order valence-electron chi connectivity index (χ4n) is 2.24. The number of carbonyl (C=O) groups is 2. The minimum absolute atomic E-state index is 0.132. The lowest BCUT2D eigenvalue weighted by molar-refractivity contribution is 0.0589. The number of carbonyl (C=O) groups excluding carboxylic acids is 2. The molecule has 30 heavy (non-hydrogen) atoms. The number of ether oxygens (including phenoxy) is 3. The van der Waals surface area contributed by atoms with Crippen molar-refractivity contribution in [3.63, 3.8) is 0 Å². The molecule has 0 saturated carbocycles. The molecule has 0 aliphatic rings. The van der Waals surface area contributed by atoms with E-state index in [0.717, 1.165) is 6.07 Å². The standard InChI is InChI=1S/C14H11FO3.C8H6BrFO2/c1-17-14(16)12-8-7-10(15)9-13(12)18-11-5-3-2-4-6-11;1-12-8(11)6-3-2-5(10)4-7(6)9/h2-9H,1H3;2-4H,1H3. The van der Waals surface area contributed by atoms with Crippen molar-refractivity contribution in [1.82, 2.24) is 0 Å². The summed E-state index contributed by atoms with van der Waals surface area (Å²) < 4.78 is 40.7. The van der Waals surface area contributed by atoms with Crippen LogP contribution in [0.15, 0.2) is 71.2 Å². The van der Waals surface area contributed by atoms with E-state index in [1.165, 1.54) is 44.6 Å². The molecule has 8 heteroatoms. The highest BCUT2D eigenvalue weighted by Crippen LogP contribution is 2.26. The van der Waals surface area contributed by atoms with Gasteiger partial charge in [-0.2, -0.15) is 0 Å². The van der Waals surface area contributed by atoms with Crippen LogP contribution in [0.5, 0.6) is 11.5 Å². The first kappa shape index (κ1) is 23.0. The predicted octanol–water partition coefficient (Wildman–Crippen LogP) is 5.78. The SMILES string of the molecule is COC(=O)c1ccc(F)cc1Br.COC(=O)c1ccc(F)cc1Oc1ccccc1. The molecular weight excluding hydrogens is 462 g/mol. The third-order valence-corrected chi connectivity index (χ3v) is 4.31. The van der Waals surface area contributed by atoms with Gasteiger partial charge in [0.15, 0.2) is 0 Å². The highest BCUT2D eigenvalue weighted by Gasteiger charge is 2.14. The van der Waals surface area contributed by atoms with E-state index in [9.17, 15) is 18.4 Å². The summed E-state index contributed by atoms with van der Waals surface area (Å²) in [4.78, 5) is 22.5. The molecule has 0 unspecified atom stereocenters. The van der Waals surface area contributed by atoms with Gasteiger partial charge in [0.1, 0.15) is 28.7 Å². The van der Waals surface area contributed by atoms with E-state index >= 15 is 0 Å². The molecule has 0 fully saturated rings. The monoisotopic (exact) mass is 478 g/mol. The molecule has 0 aromatic heterocycles. The Balaban J connectivity index is 0.000000232. The van der Waals surface area contributed by atoms with E-state index in [2.05, 4.69) is 25.4 Å². The maximum atomic E-state index is 13.2. The molecule has 5 nitrogen and oxygen atoms in total. The van der Waals surface area contributed by atoms with Gasteiger partial charge in [0.25, 0.3) is 0 Å². The largest absolute Gasteiger partial charge is 0.465 e. The van der Waals surface area contributed by atoms with Crippen LogP contribution in [-0.4, -0.2) is 26.2 Å². The predicted molar refractivity (Wildman–Crippen MR) is 110 cm³/mol. The normalized spacial score (nSPS) is 9.77. The minimum atomic E-state index is -0.569. The molecule has 0 heterocycles. The molecule has 156 valence electrons. The van der Waals surface area contributed by atoms with Crippen LogP contribution in [0, 0.1) is 11.6 Å². The van der Waals surface area contributed by atoms with Crippen LogP contribution in [0.2, 0.25) is 0 Å². The van der Waals surface area contributed by atoms with Gasteiger partial charge < -0.3 is 14.2 Å². The summed E-state index contributed by atoms with van der Waals surface area (Å²) in [6.45, 7) is 0. The van der Waals surface area contributed by atoms with Crippen molar-refractivity contribution < 1.29 is 32.6 Å². The van der Waals surface area contributed by atoms with E-state index in [1.807, 2.05) is 6.07 Å². The fraction of sp³-hybridized carbons (Fsp3) is 0.0909. The molecule has 0 spiro atoms. The molecule has 0 aliphatic carbocycles. The van der Waals surface area contributed by atoms with E-state index in [0.29, 0.717) is 15.8 Å². The van der Waals surface area contributed by atoms with Crippen molar-refractivity contribution in [3.8, 4) is 11.5 Å². The molecule has 3 rings (SSSR count). The zero-order valence-electron chi connectivity index (χ0n) is 16.0. The van der Waals surface area contributed by atoms with Gasteiger partial charge in [-0.05, 0) is 58.4 Å². The van der Waals surface area contributed by atoms with Crippen LogP contribution >= 0.6 is 15.9 Å². The molecule has 0 saturated heterocycles. The molecule has 0 aliphatic heterocycles. The Labute approximate surface area is 180 Å². The number of hydrogen-bond donors (Lipinski definition) is 0. The van der Waals surface area contributed by atoms with Crippen LogP contribution in [0.3, 0.4) is 0 Å². The maximum Gasteiger partial charge on any atom is 0.341 e. The first-order chi connectivity index (χ1) is 14.3. The van der Waals surface area contributed by atoms with Crippen molar-refractivity contribution in [1.29, 1.82) is 0 Å². The van der Waals surface area contributed by atoms with Crippen LogP contribution in [-0.2, 0) is 9.47 Å². The zero-order chi connectivity index (χ0) is 22.1. The number of esters is 2. The summed E-state index contributed by atoms with van der Waals surface area (Å²) in [5.74, 6) is -1.27. The Bertz CT molecular complexity index is 1030. The Morgan fingerprint density at radius 3 is 1.87 bits per heavy atom. The quantitative estimate of drug-likeness (QED) is 0.444. The zero-order valence-corrected chi connectivity index (χ0v) is 17.6. The van der Waals surface area contributed by atoms with E-state index < -0.39 is 23.6 Å². The molecule has 0 amide bonds. The number of methoxy groups -OCH3 is 2. The molecule has 0 atom stereocenters. The van der Waals surface area contributed by atoms with Gasteiger partial charge in [0.05, 0.1) is 19.8 Å². The number of halogens is 3. The van der Waals surface area contributed by atoms with Crippen LogP contribution in [0.4, 0.5) is 8.78 Å². The third kappa shape index (κ3) is 6.38. The smallest absolute Gasteiger partial charge is 0.341 e. The fourth-order valence-corrected chi connectivity index (χ4v) is 2.75. The second-order valence-electron chi connectivity index (χ2n) is 5.66. The number of rotatable bonds is 4. The number of para-hydroxylation sites is 1. The van der Waals surface area contributed by atoms with E-state index in [4.69, 9.17) is 4.74 Å². The van der Waals surface area contributed by atoms with Crippen molar-refractivity contribution in [2.45, 2.75) is 0 Å². The topological polar surface area (TPSA) is 61.8 Å². The van der Waals surface area contributed by atoms with Gasteiger partial charge in [-0.15, -0.1) is 0 Å². The molecule has 0 bridgehead atoms. The Morgan fingerprint density at radius 1 is 0.767 bits per heavy atom. The third-order valence-electron chi connectivity index (χ3n) is 3.66. The second-order valence-corrected chi connectivity index (χ2v) is 6.52. The van der Waals surface area contributed by atoms with Crippen LogP contribution in [0.1, 0.15) is 20.7 Å². The average Bonchev–Trinajstić information content (AvgIpc) is 2.74. The maximum absolute atomic E-state index is 13.2. The molecule has 0 N–H and O–H groups in total. The van der Waals surface area contributed by atoms with Gasteiger partial charge >= 0.3 is 11.9 Å². The lowest BCUT2D eigenvalue weighted by Crippen LogP contribution is -2.04. The summed E-state index contributed by atoms with van der Waals surface area (Å²) >= 11 is 3.05. The molecular formula is C22H17BrF2O5. The van der Waals surface area contributed by atoms with Gasteiger partial charge in [-0.25, -0.2) is 18.4 Å². The van der Waals surface area contributed by atoms with Crippen LogP contribution in [0.25, 0.3) is 0 Å². The van der Waals surface area contributed by atoms with Crippen molar-refractivity contribution >= 4 is 27.9 Å². The van der Waals surface area contributed by atoms with Crippen LogP contribution < -0.4 is 4.74 Å². The highest BCUT2D eigenvalue weighted by atomic mass is 79.9. The first-order valence-electron chi connectivity index (χ1n) is 8.49. The lowest BCUT2D eigenvalue weighted by atomic mass is 10.2. The highest BCUT2D eigenvalue weighted by molar-refractivity contribution is 9.10. The van der Waals surface area contributed by atoms with Crippen molar-refractivity contribution in [3.05, 3.63) is 94.0 Å².